The van der Waals surface area contributed by atoms with Crippen molar-refractivity contribution in [2.24, 2.45) is 11.8 Å². The number of alkyl carbamates (subject to hydrolysis) is 1. The van der Waals surface area contributed by atoms with Gasteiger partial charge in [-0.2, -0.15) is 0 Å². The number of aryl methyl sites for hydroxylation is 2. The van der Waals surface area contributed by atoms with Gasteiger partial charge >= 0.3 is 6.09 Å². The third-order valence-electron chi connectivity index (χ3n) is 9.45. The predicted molar refractivity (Wildman–Crippen MR) is 187 cm³/mol. The molecule has 8 nitrogen and oxygen atoms in total. The summed E-state index contributed by atoms with van der Waals surface area (Å²) in [5.41, 5.74) is 4.46. The van der Waals surface area contributed by atoms with E-state index in [0.29, 0.717) is 50.7 Å². The highest BCUT2D eigenvalue weighted by atomic mass is 79.9. The van der Waals surface area contributed by atoms with Crippen molar-refractivity contribution in [2.75, 3.05) is 32.7 Å². The normalized spacial score (nSPS) is 19.2. The topological polar surface area (TPSA) is 91.8 Å². The Kier molecular flexibility index (Phi) is 11.7. The fraction of sp³-hybridized carbons (Fsp3) is 0.600. The standard InChI is InChI=1S/C35H45Br2ClN4O4/c1-35(2,3)46-34(45)39-12-4-5-29(43)41-13-8-22(9-14-41)17-30(44)42-15-10-23(11-16-42)32-31-24(19-27(38)20-28(31)37)6-7-25-18-26(36)21-40-33(25)32/h18-23,32H,4-17H2,1-3H3,(H,39,45)/t32-/m1/s1. The Balaban J connectivity index is 1.10. The van der Waals surface area contributed by atoms with Crippen LogP contribution in [0.5, 0.6) is 0 Å². The maximum absolute atomic E-state index is 13.4. The first-order chi connectivity index (χ1) is 21.9. The minimum atomic E-state index is -0.542. The van der Waals surface area contributed by atoms with Crippen LogP contribution in [0, 0.1) is 11.8 Å². The molecule has 0 unspecified atom stereocenters. The molecule has 3 amide bonds. The maximum atomic E-state index is 13.4. The van der Waals surface area contributed by atoms with Gasteiger partial charge in [0.15, 0.2) is 0 Å². The van der Waals surface area contributed by atoms with E-state index >= 15 is 0 Å². The van der Waals surface area contributed by atoms with E-state index in [-0.39, 0.29) is 17.7 Å². The minimum absolute atomic E-state index is 0.107. The molecule has 5 rings (SSSR count). The van der Waals surface area contributed by atoms with Gasteiger partial charge < -0.3 is 19.9 Å². The lowest BCUT2D eigenvalue weighted by Crippen LogP contribution is -2.43. The van der Waals surface area contributed by atoms with Crippen LogP contribution in [0.25, 0.3) is 0 Å². The Hall–Kier alpha value is -2.17. The number of carbonyl (C=O) groups excluding carboxylic acids is 3. The third kappa shape index (κ3) is 9.04. The molecule has 1 aliphatic carbocycles. The largest absolute Gasteiger partial charge is 0.444 e. The summed E-state index contributed by atoms with van der Waals surface area (Å²) in [4.78, 5) is 46.9. The van der Waals surface area contributed by atoms with Gasteiger partial charge in [-0.05, 0) is 128 Å². The number of aromatic nitrogens is 1. The second kappa shape index (κ2) is 15.4. The third-order valence-corrected chi connectivity index (χ3v) is 10.8. The van der Waals surface area contributed by atoms with Gasteiger partial charge in [0.2, 0.25) is 11.8 Å². The molecule has 1 aromatic heterocycles. The molecule has 2 aliphatic heterocycles. The van der Waals surface area contributed by atoms with Crippen LogP contribution < -0.4 is 5.32 Å². The summed E-state index contributed by atoms with van der Waals surface area (Å²) in [6.07, 6.45) is 8.34. The zero-order valence-corrected chi connectivity index (χ0v) is 31.0. The van der Waals surface area contributed by atoms with Crippen molar-refractivity contribution in [1.82, 2.24) is 20.1 Å². The summed E-state index contributed by atoms with van der Waals surface area (Å²) < 4.78 is 7.27. The van der Waals surface area contributed by atoms with Gasteiger partial charge in [0.05, 0.1) is 5.69 Å². The van der Waals surface area contributed by atoms with Crippen LogP contribution in [0.3, 0.4) is 0 Å². The quantitative estimate of drug-likeness (QED) is 0.292. The van der Waals surface area contributed by atoms with Crippen LogP contribution in [0.15, 0.2) is 33.3 Å². The maximum Gasteiger partial charge on any atom is 0.407 e. The first-order valence-electron chi connectivity index (χ1n) is 16.5. The van der Waals surface area contributed by atoms with E-state index in [1.54, 1.807) is 0 Å². The molecule has 1 aromatic carbocycles. The monoisotopic (exact) mass is 778 g/mol. The molecule has 0 spiro atoms. The van der Waals surface area contributed by atoms with Crippen molar-refractivity contribution in [2.45, 2.75) is 90.1 Å². The van der Waals surface area contributed by atoms with Crippen molar-refractivity contribution in [1.29, 1.82) is 0 Å². The summed E-state index contributed by atoms with van der Waals surface area (Å²) in [6, 6.07) is 6.31. The number of ether oxygens (including phenoxy) is 1. The Labute approximate surface area is 294 Å². The van der Waals surface area contributed by atoms with Gasteiger partial charge in [0.1, 0.15) is 5.60 Å². The molecule has 3 aliphatic rings. The van der Waals surface area contributed by atoms with Crippen LogP contribution >= 0.6 is 43.5 Å². The van der Waals surface area contributed by atoms with Crippen molar-refractivity contribution in [3.05, 3.63) is 60.7 Å². The fourth-order valence-corrected chi connectivity index (χ4v) is 8.68. The van der Waals surface area contributed by atoms with Crippen LogP contribution in [0.2, 0.25) is 5.02 Å². The molecular formula is C35H45Br2ClN4O4. The summed E-state index contributed by atoms with van der Waals surface area (Å²) in [7, 11) is 0. The van der Waals surface area contributed by atoms with Gasteiger partial charge in [-0.3, -0.25) is 14.6 Å². The Morgan fingerprint density at radius 2 is 1.61 bits per heavy atom. The highest BCUT2D eigenvalue weighted by Crippen LogP contribution is 2.46. The van der Waals surface area contributed by atoms with Crippen LogP contribution in [-0.4, -0.2) is 71.0 Å². The van der Waals surface area contributed by atoms with E-state index < -0.39 is 11.7 Å². The van der Waals surface area contributed by atoms with Gasteiger partial charge in [-0.1, -0.05) is 27.5 Å². The lowest BCUT2D eigenvalue weighted by molar-refractivity contribution is -0.135. The first-order valence-corrected chi connectivity index (χ1v) is 18.5. The molecule has 2 saturated heterocycles. The van der Waals surface area contributed by atoms with Gasteiger partial charge in [0, 0.05) is 71.6 Å². The molecule has 1 atom stereocenters. The summed E-state index contributed by atoms with van der Waals surface area (Å²) >= 11 is 13.9. The number of rotatable bonds is 7. The van der Waals surface area contributed by atoms with Crippen LogP contribution in [0.1, 0.15) is 94.0 Å². The van der Waals surface area contributed by atoms with Crippen LogP contribution in [0.4, 0.5) is 4.79 Å². The minimum Gasteiger partial charge on any atom is -0.444 e. The number of hydrogen-bond acceptors (Lipinski definition) is 5. The second-order valence-corrected chi connectivity index (χ2v) is 16.1. The molecule has 46 heavy (non-hydrogen) atoms. The SMILES string of the molecule is CC(C)(C)OC(=O)NCCCC(=O)N1CCC(CC(=O)N2CCC([C@H]3c4ncc(Br)cc4CCc4cc(Cl)cc(Br)c43)CC2)CC1. The molecule has 0 radical (unpaired) electrons. The lowest BCUT2D eigenvalue weighted by atomic mass is 9.76. The molecular weight excluding hydrogens is 736 g/mol. The van der Waals surface area contributed by atoms with Gasteiger partial charge in [-0.25, -0.2) is 4.79 Å². The number of halogens is 3. The first kappa shape index (κ1) is 35.1. The molecule has 0 saturated carbocycles. The lowest BCUT2D eigenvalue weighted by Gasteiger charge is -2.38. The van der Waals surface area contributed by atoms with E-state index in [0.717, 1.165) is 71.3 Å². The average molecular weight is 781 g/mol. The molecule has 2 aromatic rings. The number of benzene rings is 1. The molecule has 11 heteroatoms. The van der Waals surface area contributed by atoms with E-state index in [9.17, 15) is 14.4 Å². The van der Waals surface area contributed by atoms with E-state index in [2.05, 4.69) is 54.2 Å². The van der Waals surface area contributed by atoms with E-state index in [1.165, 1.54) is 16.7 Å². The van der Waals surface area contributed by atoms with Crippen LogP contribution in [-0.2, 0) is 27.2 Å². The molecule has 2 fully saturated rings. The highest BCUT2D eigenvalue weighted by Gasteiger charge is 2.37. The predicted octanol–water partition coefficient (Wildman–Crippen LogP) is 7.66. The second-order valence-electron chi connectivity index (χ2n) is 13.9. The van der Waals surface area contributed by atoms with Crippen molar-refractivity contribution in [3.63, 3.8) is 0 Å². The number of nitrogens with one attached hydrogen (secondary N) is 1. The number of piperidine rings is 2. The van der Waals surface area contributed by atoms with Crippen molar-refractivity contribution in [3.8, 4) is 0 Å². The van der Waals surface area contributed by atoms with Gasteiger partial charge in [-0.15, -0.1) is 0 Å². The number of likely N-dealkylation sites (tertiary alicyclic amines) is 2. The number of nitrogens with zero attached hydrogens (tertiary/aromatic N) is 3. The number of hydrogen-bond donors (Lipinski definition) is 1. The zero-order chi connectivity index (χ0) is 33.0. The zero-order valence-electron chi connectivity index (χ0n) is 27.0. The van der Waals surface area contributed by atoms with Gasteiger partial charge in [0.25, 0.3) is 0 Å². The average Bonchev–Trinajstić information content (AvgIpc) is 3.15. The number of amides is 3. The number of fused-ring (bicyclic) bond motifs is 2. The molecule has 1 N–H and O–H groups in total. The van der Waals surface area contributed by atoms with Crippen molar-refractivity contribution < 1.29 is 19.1 Å². The Bertz CT molecular complexity index is 1430. The summed E-state index contributed by atoms with van der Waals surface area (Å²) in [5.74, 6) is 1.16. The van der Waals surface area contributed by atoms with E-state index in [1.807, 2.05) is 37.9 Å². The summed E-state index contributed by atoms with van der Waals surface area (Å²) in [5, 5.41) is 3.45. The smallest absolute Gasteiger partial charge is 0.407 e. The molecule has 0 bridgehead atoms. The number of carbonyl (C=O) groups is 3. The highest BCUT2D eigenvalue weighted by molar-refractivity contribution is 9.10. The Morgan fingerprint density at radius 3 is 2.30 bits per heavy atom. The number of pyridine rings is 1. The van der Waals surface area contributed by atoms with E-state index in [4.69, 9.17) is 21.3 Å². The fourth-order valence-electron chi connectivity index (χ4n) is 7.18. The van der Waals surface area contributed by atoms with Crippen molar-refractivity contribution >= 4 is 61.4 Å². The Morgan fingerprint density at radius 1 is 0.957 bits per heavy atom. The molecule has 250 valence electrons. The summed E-state index contributed by atoms with van der Waals surface area (Å²) in [6.45, 7) is 8.73. The molecule has 3 heterocycles.